The number of unbranched alkanes of at least 4 members (excludes halogenated alkanes) is 16. The van der Waals surface area contributed by atoms with Gasteiger partial charge in [-0.15, -0.1) is 8.58 Å². The van der Waals surface area contributed by atoms with Crippen molar-refractivity contribution in [3.05, 3.63) is 108 Å². The second-order valence-electron chi connectivity index (χ2n) is 12.2. The molecule has 0 amide bonds. The Morgan fingerprint density at radius 1 is 0.390 bits per heavy atom. The second-order valence-corrected chi connectivity index (χ2v) is 13.7. The molecule has 3 aromatic carbocycles. The van der Waals surface area contributed by atoms with Crippen LogP contribution in [0.1, 0.15) is 139 Å². The van der Waals surface area contributed by atoms with Crippen molar-refractivity contribution < 1.29 is 0 Å². The molecule has 0 spiro atoms. The van der Waals surface area contributed by atoms with Gasteiger partial charge < -0.3 is 0 Å². The van der Waals surface area contributed by atoms with Gasteiger partial charge in [0.25, 0.3) is 0 Å². The standard InChI is InChI=1S/C40H59P/c1-2-3-4-5-6-7-8-9-10-11-12-13-14-15-16-17-27-35-41-36-34-40(37-28-21-18-22-29-37,38-30-23-19-24-31-38)39-32-25-20-26-33-39/h18-26,28-33,41H,2-17,27,34-36H2,1H3. The summed E-state index contributed by atoms with van der Waals surface area (Å²) in [6.07, 6.45) is 28.5. The first-order valence-electron chi connectivity index (χ1n) is 17.2. The quantitative estimate of drug-likeness (QED) is 0.0571. The van der Waals surface area contributed by atoms with Crippen LogP contribution in [0, 0.1) is 0 Å². The molecule has 3 rings (SSSR count). The molecule has 3 aromatic rings. The van der Waals surface area contributed by atoms with Crippen LogP contribution in [0.2, 0.25) is 0 Å². The highest BCUT2D eigenvalue weighted by Gasteiger charge is 2.35. The van der Waals surface area contributed by atoms with Gasteiger partial charge in [0, 0.05) is 5.41 Å². The summed E-state index contributed by atoms with van der Waals surface area (Å²) in [5.74, 6) is 0. The van der Waals surface area contributed by atoms with Crippen molar-refractivity contribution >= 4 is 8.58 Å². The molecule has 224 valence electrons. The molecule has 0 aliphatic carbocycles. The van der Waals surface area contributed by atoms with E-state index in [0.717, 1.165) is 8.58 Å². The predicted molar refractivity (Wildman–Crippen MR) is 186 cm³/mol. The maximum Gasteiger partial charge on any atom is 0.0454 e. The molecule has 0 aliphatic heterocycles. The van der Waals surface area contributed by atoms with Crippen molar-refractivity contribution in [1.29, 1.82) is 0 Å². The number of hydrogen-bond donors (Lipinski definition) is 0. The Bertz CT molecular complexity index is 884. The highest BCUT2D eigenvalue weighted by molar-refractivity contribution is 7.37. The van der Waals surface area contributed by atoms with E-state index in [2.05, 4.69) is 97.9 Å². The summed E-state index contributed by atoms with van der Waals surface area (Å²) >= 11 is 0. The van der Waals surface area contributed by atoms with Crippen LogP contribution in [0.4, 0.5) is 0 Å². The van der Waals surface area contributed by atoms with E-state index in [1.807, 2.05) is 0 Å². The topological polar surface area (TPSA) is 0 Å². The second kappa shape index (κ2) is 21.7. The molecule has 0 N–H and O–H groups in total. The third-order valence-electron chi connectivity index (χ3n) is 8.93. The minimum atomic E-state index is -0.0783. The van der Waals surface area contributed by atoms with Crippen LogP contribution in [-0.2, 0) is 5.41 Å². The average molecular weight is 571 g/mol. The van der Waals surface area contributed by atoms with Gasteiger partial charge in [-0.2, -0.15) is 0 Å². The molecule has 0 saturated heterocycles. The van der Waals surface area contributed by atoms with Crippen molar-refractivity contribution in [2.75, 3.05) is 12.3 Å². The largest absolute Gasteiger partial charge is 0.122 e. The lowest BCUT2D eigenvalue weighted by Gasteiger charge is -2.36. The zero-order valence-electron chi connectivity index (χ0n) is 26.3. The van der Waals surface area contributed by atoms with Crippen molar-refractivity contribution in [1.82, 2.24) is 0 Å². The summed E-state index contributed by atoms with van der Waals surface area (Å²) in [6, 6.07) is 33.6. The van der Waals surface area contributed by atoms with Gasteiger partial charge in [0.1, 0.15) is 0 Å². The van der Waals surface area contributed by atoms with E-state index in [0.29, 0.717) is 0 Å². The minimum absolute atomic E-state index is 0.0783. The van der Waals surface area contributed by atoms with Crippen LogP contribution in [0.25, 0.3) is 0 Å². The summed E-state index contributed by atoms with van der Waals surface area (Å²) in [5.41, 5.74) is 4.17. The van der Waals surface area contributed by atoms with E-state index in [9.17, 15) is 0 Å². The fourth-order valence-electron chi connectivity index (χ4n) is 6.48. The molecule has 0 bridgehead atoms. The monoisotopic (exact) mass is 570 g/mol. The highest BCUT2D eigenvalue weighted by Crippen LogP contribution is 2.43. The SMILES string of the molecule is CCCCCCCCCCCCCCCCCCCPCCC(c1ccccc1)(c1ccccc1)c1ccccc1. The molecule has 0 saturated carbocycles. The van der Waals surface area contributed by atoms with Gasteiger partial charge in [0.2, 0.25) is 0 Å². The van der Waals surface area contributed by atoms with Crippen LogP contribution in [0.5, 0.6) is 0 Å². The molecule has 0 aromatic heterocycles. The Balaban J connectivity index is 1.29. The van der Waals surface area contributed by atoms with E-state index in [1.54, 1.807) is 0 Å². The van der Waals surface area contributed by atoms with Gasteiger partial charge in [-0.05, 0) is 41.9 Å². The fourth-order valence-corrected chi connectivity index (χ4v) is 7.78. The maximum atomic E-state index is 2.33. The Kier molecular flexibility index (Phi) is 17.8. The normalized spacial score (nSPS) is 11.9. The van der Waals surface area contributed by atoms with Gasteiger partial charge in [-0.3, -0.25) is 0 Å². The highest BCUT2D eigenvalue weighted by atomic mass is 31.1. The Morgan fingerprint density at radius 2 is 0.707 bits per heavy atom. The zero-order valence-corrected chi connectivity index (χ0v) is 27.3. The van der Waals surface area contributed by atoms with Crippen LogP contribution in [0.15, 0.2) is 91.0 Å². The van der Waals surface area contributed by atoms with E-state index >= 15 is 0 Å². The van der Waals surface area contributed by atoms with E-state index in [-0.39, 0.29) is 5.41 Å². The summed E-state index contributed by atoms with van der Waals surface area (Å²) in [6.45, 7) is 2.30. The summed E-state index contributed by atoms with van der Waals surface area (Å²) in [7, 11) is 1.05. The van der Waals surface area contributed by atoms with E-state index < -0.39 is 0 Å². The molecule has 1 heteroatoms. The summed E-state index contributed by atoms with van der Waals surface area (Å²) in [4.78, 5) is 0. The Morgan fingerprint density at radius 3 is 1.05 bits per heavy atom. The van der Waals surface area contributed by atoms with Crippen LogP contribution >= 0.6 is 8.58 Å². The van der Waals surface area contributed by atoms with Crippen LogP contribution in [0.3, 0.4) is 0 Å². The molecule has 0 fully saturated rings. The third kappa shape index (κ3) is 12.5. The van der Waals surface area contributed by atoms with Crippen molar-refractivity contribution in [2.24, 2.45) is 0 Å². The molecule has 1 unspecified atom stereocenters. The predicted octanol–water partition coefficient (Wildman–Crippen LogP) is 12.7. The summed E-state index contributed by atoms with van der Waals surface area (Å²) < 4.78 is 0. The number of rotatable bonds is 24. The molecule has 0 nitrogen and oxygen atoms in total. The van der Waals surface area contributed by atoms with Gasteiger partial charge >= 0.3 is 0 Å². The van der Waals surface area contributed by atoms with Crippen LogP contribution in [-0.4, -0.2) is 12.3 Å². The minimum Gasteiger partial charge on any atom is -0.122 e. The molecule has 0 heterocycles. The Hall–Kier alpha value is -1.91. The molecule has 0 aliphatic rings. The maximum absolute atomic E-state index is 2.33. The zero-order chi connectivity index (χ0) is 28.7. The lowest BCUT2D eigenvalue weighted by molar-refractivity contribution is 0.529. The van der Waals surface area contributed by atoms with Gasteiger partial charge in [-0.25, -0.2) is 0 Å². The van der Waals surface area contributed by atoms with Gasteiger partial charge in [0.15, 0.2) is 0 Å². The smallest absolute Gasteiger partial charge is 0.0454 e. The average Bonchev–Trinajstić information content (AvgIpc) is 3.03. The first-order valence-corrected chi connectivity index (χ1v) is 18.7. The fraction of sp³-hybridized carbons (Fsp3) is 0.550. The molecular formula is C40H59P. The molecular weight excluding hydrogens is 511 g/mol. The molecule has 0 radical (unpaired) electrons. The third-order valence-corrected chi connectivity index (χ3v) is 10.2. The first-order chi connectivity index (χ1) is 20.4. The summed E-state index contributed by atoms with van der Waals surface area (Å²) in [5, 5.41) is 0. The molecule has 1 atom stereocenters. The molecule has 41 heavy (non-hydrogen) atoms. The Labute approximate surface area is 255 Å². The first kappa shape index (κ1) is 33.6. The van der Waals surface area contributed by atoms with Crippen molar-refractivity contribution in [3.8, 4) is 0 Å². The van der Waals surface area contributed by atoms with Gasteiger partial charge in [0.05, 0.1) is 0 Å². The number of hydrogen-bond acceptors (Lipinski definition) is 0. The number of benzene rings is 3. The van der Waals surface area contributed by atoms with Crippen molar-refractivity contribution in [3.63, 3.8) is 0 Å². The lowest BCUT2D eigenvalue weighted by atomic mass is 9.68. The van der Waals surface area contributed by atoms with E-state index in [4.69, 9.17) is 0 Å². The van der Waals surface area contributed by atoms with E-state index in [1.165, 1.54) is 145 Å². The van der Waals surface area contributed by atoms with Crippen molar-refractivity contribution in [2.45, 2.75) is 128 Å². The lowest BCUT2D eigenvalue weighted by Crippen LogP contribution is -2.30. The van der Waals surface area contributed by atoms with Gasteiger partial charge in [-0.1, -0.05) is 201 Å². The van der Waals surface area contributed by atoms with Crippen LogP contribution < -0.4 is 0 Å².